The van der Waals surface area contributed by atoms with Crippen molar-refractivity contribution >= 4 is 26.7 Å². The zero-order valence-electron chi connectivity index (χ0n) is 17.3. The van der Waals surface area contributed by atoms with Crippen LogP contribution in [0.25, 0.3) is 0 Å². The molecule has 0 unspecified atom stereocenters. The Hall–Kier alpha value is -2.56. The number of piperidine rings is 1. The topological polar surface area (TPSA) is 84.4 Å². The Morgan fingerprint density at radius 3 is 2.72 bits per heavy atom. The predicted molar refractivity (Wildman–Crippen MR) is 120 cm³/mol. The fraction of sp³-hybridized carbons (Fsp3) is 0.364. The summed E-state index contributed by atoms with van der Waals surface area (Å²) in [6.07, 6.45) is 5.36. The molecule has 1 aromatic heterocycles. The van der Waals surface area contributed by atoms with E-state index in [9.17, 15) is 12.8 Å². The van der Waals surface area contributed by atoms with Gasteiger partial charge in [-0.15, -0.1) is 0 Å². The molecule has 0 saturated carbocycles. The van der Waals surface area contributed by atoms with Crippen LogP contribution in [0.2, 0.25) is 0 Å². The molecule has 168 valence electrons. The highest BCUT2D eigenvalue weighted by Gasteiger charge is 2.34. The van der Waals surface area contributed by atoms with Gasteiger partial charge in [-0.2, -0.15) is 4.37 Å². The van der Waals surface area contributed by atoms with E-state index in [1.165, 1.54) is 18.5 Å². The third-order valence-electron chi connectivity index (χ3n) is 6.09. The van der Waals surface area contributed by atoms with Crippen molar-refractivity contribution in [3.63, 3.8) is 0 Å². The fourth-order valence-corrected chi connectivity index (χ4v) is 6.30. The Bertz CT molecular complexity index is 1190. The summed E-state index contributed by atoms with van der Waals surface area (Å²) in [5.74, 6) is 0.355. The number of nitrogens with one attached hydrogen (secondary N) is 1. The van der Waals surface area contributed by atoms with E-state index in [0.29, 0.717) is 12.4 Å². The number of benzene rings is 2. The van der Waals surface area contributed by atoms with Crippen molar-refractivity contribution in [1.29, 1.82) is 0 Å². The number of nitrogens with zero attached hydrogens (tertiary/aromatic N) is 3. The Labute approximate surface area is 190 Å². The molecule has 2 aliphatic rings. The number of aromatic nitrogens is 2. The second-order valence-corrected chi connectivity index (χ2v) is 10.5. The van der Waals surface area contributed by atoms with Crippen molar-refractivity contribution in [3.05, 3.63) is 65.7 Å². The largest absolute Gasteiger partial charge is 0.493 e. The van der Waals surface area contributed by atoms with Gasteiger partial charge >= 0.3 is 0 Å². The van der Waals surface area contributed by atoms with Gasteiger partial charge in [0, 0.05) is 41.7 Å². The first-order chi connectivity index (χ1) is 15.5. The number of anilines is 1. The van der Waals surface area contributed by atoms with Crippen LogP contribution in [-0.2, 0) is 10.0 Å². The highest BCUT2D eigenvalue weighted by Crippen LogP contribution is 2.44. The van der Waals surface area contributed by atoms with Crippen molar-refractivity contribution in [2.45, 2.75) is 42.7 Å². The van der Waals surface area contributed by atoms with Gasteiger partial charge in [-0.1, -0.05) is 24.6 Å². The molecule has 0 aliphatic carbocycles. The van der Waals surface area contributed by atoms with Gasteiger partial charge in [0.25, 0.3) is 10.0 Å². The Kier molecular flexibility index (Phi) is 5.83. The lowest BCUT2D eigenvalue weighted by molar-refractivity contribution is 0.0668. The van der Waals surface area contributed by atoms with Crippen LogP contribution in [0.4, 0.5) is 9.52 Å². The summed E-state index contributed by atoms with van der Waals surface area (Å²) in [7, 11) is -3.79. The van der Waals surface area contributed by atoms with Crippen molar-refractivity contribution in [1.82, 2.24) is 14.3 Å². The van der Waals surface area contributed by atoms with Gasteiger partial charge in [0.1, 0.15) is 17.9 Å². The van der Waals surface area contributed by atoms with Crippen LogP contribution in [0.5, 0.6) is 5.75 Å². The smallest absolute Gasteiger partial charge is 0.263 e. The minimum absolute atomic E-state index is 0.113. The SMILES string of the molecule is O=S(=O)(Nc1ncns1)c1ccc2c(c1)OCC[C@H]2N1CCCC[C@H]1c1ccc(F)cc1. The predicted octanol–water partition coefficient (Wildman–Crippen LogP) is 4.53. The van der Waals surface area contributed by atoms with Crippen molar-refractivity contribution in [2.24, 2.45) is 0 Å². The maximum Gasteiger partial charge on any atom is 0.263 e. The maximum absolute atomic E-state index is 13.5. The molecule has 2 atom stereocenters. The van der Waals surface area contributed by atoms with E-state index in [1.54, 1.807) is 12.1 Å². The van der Waals surface area contributed by atoms with E-state index in [-0.39, 0.29) is 27.9 Å². The highest BCUT2D eigenvalue weighted by molar-refractivity contribution is 7.93. The van der Waals surface area contributed by atoms with E-state index in [4.69, 9.17) is 4.74 Å². The minimum Gasteiger partial charge on any atom is -0.493 e. The Morgan fingerprint density at radius 2 is 1.94 bits per heavy atom. The summed E-state index contributed by atoms with van der Waals surface area (Å²) in [6, 6.07) is 12.1. The van der Waals surface area contributed by atoms with Crippen LogP contribution in [0.1, 0.15) is 48.9 Å². The molecule has 10 heteroatoms. The fourth-order valence-electron chi connectivity index (χ4n) is 4.62. The first kappa shape index (κ1) is 21.3. The highest BCUT2D eigenvalue weighted by atomic mass is 32.2. The third-order valence-corrected chi connectivity index (χ3v) is 8.13. The van der Waals surface area contributed by atoms with Crippen LogP contribution in [-0.4, -0.2) is 35.8 Å². The second kappa shape index (κ2) is 8.76. The van der Waals surface area contributed by atoms with Gasteiger partial charge in [-0.25, -0.2) is 17.8 Å². The Balaban J connectivity index is 1.44. The summed E-state index contributed by atoms with van der Waals surface area (Å²) in [5, 5.41) is 0.219. The number of likely N-dealkylation sites (tertiary alicyclic amines) is 1. The van der Waals surface area contributed by atoms with E-state index in [1.807, 2.05) is 18.2 Å². The van der Waals surface area contributed by atoms with E-state index < -0.39 is 10.0 Å². The number of hydrogen-bond donors (Lipinski definition) is 1. The maximum atomic E-state index is 13.5. The van der Waals surface area contributed by atoms with Crippen LogP contribution in [0.3, 0.4) is 0 Å². The van der Waals surface area contributed by atoms with Crippen molar-refractivity contribution in [2.75, 3.05) is 17.9 Å². The van der Waals surface area contributed by atoms with E-state index in [2.05, 4.69) is 19.0 Å². The number of fused-ring (bicyclic) bond motifs is 1. The molecule has 0 spiro atoms. The van der Waals surface area contributed by atoms with Crippen LogP contribution in [0.15, 0.2) is 53.7 Å². The molecule has 2 aromatic carbocycles. The van der Waals surface area contributed by atoms with Crippen LogP contribution < -0.4 is 9.46 Å². The molecule has 0 bridgehead atoms. The minimum atomic E-state index is -3.79. The lowest BCUT2D eigenvalue weighted by Gasteiger charge is -2.43. The molecule has 3 aromatic rings. The molecule has 1 N–H and O–H groups in total. The zero-order valence-corrected chi connectivity index (χ0v) is 18.9. The molecule has 0 amide bonds. The summed E-state index contributed by atoms with van der Waals surface area (Å²) in [6.45, 7) is 1.45. The number of hydrogen-bond acceptors (Lipinski definition) is 7. The first-order valence-corrected chi connectivity index (χ1v) is 12.8. The summed E-state index contributed by atoms with van der Waals surface area (Å²) in [4.78, 5) is 6.48. The standard InChI is InChI=1S/C22H23FN4O3S2/c23-16-6-4-15(5-7-16)19-3-1-2-11-27(19)20-10-12-30-21-13-17(8-9-18(20)21)32(28,29)26-22-24-14-25-31-22/h4-9,13-14,19-20H,1-3,10-12H2,(H,24,25,26)/t19-,20+/m0/s1. The number of ether oxygens (including phenoxy) is 1. The van der Waals surface area contributed by atoms with Gasteiger partial charge < -0.3 is 4.74 Å². The summed E-state index contributed by atoms with van der Waals surface area (Å²) < 4.78 is 51.1. The quantitative estimate of drug-likeness (QED) is 0.585. The summed E-state index contributed by atoms with van der Waals surface area (Å²) >= 11 is 0.979. The van der Waals surface area contributed by atoms with Gasteiger partial charge in [0.15, 0.2) is 0 Å². The molecular formula is C22H23FN4O3S2. The van der Waals surface area contributed by atoms with Crippen LogP contribution >= 0.6 is 11.5 Å². The van der Waals surface area contributed by atoms with Crippen molar-refractivity contribution < 1.29 is 17.5 Å². The lowest BCUT2D eigenvalue weighted by Crippen LogP contribution is -2.38. The third kappa shape index (κ3) is 4.22. The van der Waals surface area contributed by atoms with Gasteiger partial charge in [-0.05, 0) is 43.1 Å². The second-order valence-electron chi connectivity index (χ2n) is 8.01. The summed E-state index contributed by atoms with van der Waals surface area (Å²) in [5.41, 5.74) is 2.10. The molecule has 1 saturated heterocycles. The Morgan fingerprint density at radius 1 is 1.09 bits per heavy atom. The zero-order chi connectivity index (χ0) is 22.1. The normalized spacial score (nSPS) is 21.5. The van der Waals surface area contributed by atoms with Crippen LogP contribution in [0, 0.1) is 5.82 Å². The average Bonchev–Trinajstić information content (AvgIpc) is 3.31. The van der Waals surface area contributed by atoms with E-state index >= 15 is 0 Å². The van der Waals surface area contributed by atoms with Crippen molar-refractivity contribution in [3.8, 4) is 5.75 Å². The lowest BCUT2D eigenvalue weighted by atomic mass is 9.89. The molecule has 32 heavy (non-hydrogen) atoms. The van der Waals surface area contributed by atoms with Gasteiger partial charge in [0.05, 0.1) is 11.5 Å². The average molecular weight is 475 g/mol. The number of rotatable bonds is 5. The first-order valence-electron chi connectivity index (χ1n) is 10.6. The monoisotopic (exact) mass is 474 g/mol. The van der Waals surface area contributed by atoms with Gasteiger partial charge in [-0.3, -0.25) is 9.62 Å². The van der Waals surface area contributed by atoms with Gasteiger partial charge in [0.2, 0.25) is 5.13 Å². The molecule has 0 radical (unpaired) electrons. The molecule has 3 heterocycles. The van der Waals surface area contributed by atoms with E-state index in [0.717, 1.165) is 54.9 Å². The molecule has 5 rings (SSSR count). The number of halogens is 1. The molecular weight excluding hydrogens is 451 g/mol. The molecule has 7 nitrogen and oxygen atoms in total. The number of sulfonamides is 1. The molecule has 1 fully saturated rings. The molecule has 2 aliphatic heterocycles.